The summed E-state index contributed by atoms with van der Waals surface area (Å²) in [4.78, 5) is 37.9. The molecule has 3 aromatic carbocycles. The van der Waals surface area contributed by atoms with Gasteiger partial charge in [0.05, 0.1) is 11.4 Å². The van der Waals surface area contributed by atoms with Crippen LogP contribution in [0.1, 0.15) is 61.1 Å². The van der Waals surface area contributed by atoms with E-state index in [0.717, 1.165) is 78.7 Å². The van der Waals surface area contributed by atoms with Crippen molar-refractivity contribution in [1.82, 2.24) is 20.1 Å². The molecule has 3 heterocycles. The summed E-state index contributed by atoms with van der Waals surface area (Å²) in [6.07, 6.45) is 6.07. The molecule has 0 radical (unpaired) electrons. The Morgan fingerprint density at radius 2 is 1.64 bits per heavy atom. The molecule has 6 rings (SSSR count). The summed E-state index contributed by atoms with van der Waals surface area (Å²) in [6, 6.07) is 24.1. The molecule has 2 fully saturated rings. The highest BCUT2D eigenvalue weighted by molar-refractivity contribution is 6.00. The van der Waals surface area contributed by atoms with Gasteiger partial charge in [-0.2, -0.15) is 0 Å². The van der Waals surface area contributed by atoms with E-state index in [1.54, 1.807) is 0 Å². The van der Waals surface area contributed by atoms with Gasteiger partial charge in [-0.1, -0.05) is 61.5 Å². The zero-order valence-electron chi connectivity index (χ0n) is 26.8. The van der Waals surface area contributed by atoms with E-state index in [2.05, 4.69) is 73.9 Å². The molecule has 3 N–H and O–H groups in total. The minimum atomic E-state index is -0.771. The highest BCUT2D eigenvalue weighted by atomic mass is 16.2. The van der Waals surface area contributed by atoms with Gasteiger partial charge in [0.2, 0.25) is 5.91 Å². The summed E-state index contributed by atoms with van der Waals surface area (Å²) in [6.45, 7) is 6.07. The van der Waals surface area contributed by atoms with Gasteiger partial charge in [-0.25, -0.2) is 4.79 Å². The number of rotatable bonds is 9. The molecular weight excluding hydrogens is 560 g/mol. The Bertz CT molecular complexity index is 1600. The largest absolute Gasteiger partial charge is 0.370 e. The van der Waals surface area contributed by atoms with Gasteiger partial charge >= 0.3 is 6.03 Å². The van der Waals surface area contributed by atoms with Crippen LogP contribution in [0.25, 0.3) is 10.9 Å². The van der Waals surface area contributed by atoms with Crippen LogP contribution in [0.2, 0.25) is 0 Å². The van der Waals surface area contributed by atoms with Crippen LogP contribution in [-0.4, -0.2) is 73.0 Å². The van der Waals surface area contributed by atoms with E-state index in [9.17, 15) is 9.59 Å². The third-order valence-electron chi connectivity index (χ3n) is 9.49. The molecule has 236 valence electrons. The quantitative estimate of drug-likeness (QED) is 0.202. The summed E-state index contributed by atoms with van der Waals surface area (Å²) in [5.41, 5.74) is 6.32. The minimum absolute atomic E-state index is 0.186. The Kier molecular flexibility index (Phi) is 9.40. The molecule has 45 heavy (non-hydrogen) atoms. The number of urea groups is 1. The van der Waals surface area contributed by atoms with Crippen molar-refractivity contribution in [3.05, 3.63) is 95.7 Å². The number of carbonyl (C=O) groups excluding carboxylic acids is 2. The number of piperidine rings is 1. The van der Waals surface area contributed by atoms with Crippen molar-refractivity contribution in [3.63, 3.8) is 0 Å². The van der Waals surface area contributed by atoms with Gasteiger partial charge in [-0.3, -0.25) is 4.79 Å². The molecule has 3 amide bonds. The van der Waals surface area contributed by atoms with Gasteiger partial charge in [0, 0.05) is 55.7 Å². The molecule has 0 bridgehead atoms. The highest BCUT2D eigenvalue weighted by Gasteiger charge is 2.33. The number of benzene rings is 3. The van der Waals surface area contributed by atoms with E-state index < -0.39 is 6.04 Å². The summed E-state index contributed by atoms with van der Waals surface area (Å²) in [5.74, 6) is -0.0344. The summed E-state index contributed by atoms with van der Waals surface area (Å²) >= 11 is 0. The van der Waals surface area contributed by atoms with E-state index in [-0.39, 0.29) is 17.9 Å². The Morgan fingerprint density at radius 3 is 2.38 bits per heavy atom. The fourth-order valence-electron chi connectivity index (χ4n) is 7.02. The lowest BCUT2D eigenvalue weighted by molar-refractivity contribution is -0.118. The standard InChI is InChI=1S/C37H46N6O2/c1-26(31-24-38-32-14-8-7-13-30(31)32)35(40-37(45)43-21-17-29(18-22-43)28-11-5-4-6-12-28)36(44)39-33-23-27(25-41(2)3)15-16-34(33)42-19-9-10-20-42/h4-8,11-16,23-24,26,29,35,38H,9-10,17-22,25H2,1-3H3,(H,39,44)(H,40,45). The maximum atomic E-state index is 14.4. The predicted octanol–water partition coefficient (Wildman–Crippen LogP) is 6.53. The number of nitrogens with one attached hydrogen (secondary N) is 3. The van der Waals surface area contributed by atoms with Crippen molar-refractivity contribution >= 4 is 34.2 Å². The average molecular weight is 607 g/mol. The number of fused-ring (bicyclic) bond motifs is 1. The van der Waals surface area contributed by atoms with Crippen LogP contribution in [0.4, 0.5) is 16.2 Å². The van der Waals surface area contributed by atoms with Crippen LogP contribution in [0.15, 0.2) is 79.0 Å². The van der Waals surface area contributed by atoms with Crippen molar-refractivity contribution in [2.45, 2.75) is 57.0 Å². The number of para-hydroxylation sites is 1. The van der Waals surface area contributed by atoms with Crippen molar-refractivity contribution in [2.24, 2.45) is 0 Å². The number of amides is 3. The van der Waals surface area contributed by atoms with Gasteiger partial charge in [-0.05, 0) is 80.6 Å². The van der Waals surface area contributed by atoms with E-state index in [1.807, 2.05) is 56.4 Å². The Labute approximate surface area is 266 Å². The van der Waals surface area contributed by atoms with Crippen molar-refractivity contribution in [1.29, 1.82) is 0 Å². The zero-order valence-corrected chi connectivity index (χ0v) is 26.8. The molecule has 2 aliphatic heterocycles. The highest BCUT2D eigenvalue weighted by Crippen LogP contribution is 2.33. The third-order valence-corrected chi connectivity index (χ3v) is 9.49. The van der Waals surface area contributed by atoms with Crippen molar-refractivity contribution in [2.75, 3.05) is 50.5 Å². The molecule has 2 aliphatic rings. The zero-order chi connectivity index (χ0) is 31.3. The van der Waals surface area contributed by atoms with Crippen LogP contribution in [-0.2, 0) is 11.3 Å². The van der Waals surface area contributed by atoms with E-state index in [4.69, 9.17) is 0 Å². The van der Waals surface area contributed by atoms with E-state index in [1.165, 1.54) is 5.56 Å². The predicted molar refractivity (Wildman–Crippen MR) is 183 cm³/mol. The minimum Gasteiger partial charge on any atom is -0.370 e. The average Bonchev–Trinajstić information content (AvgIpc) is 3.74. The molecule has 8 heteroatoms. The van der Waals surface area contributed by atoms with Crippen LogP contribution >= 0.6 is 0 Å². The van der Waals surface area contributed by atoms with Crippen LogP contribution in [0.3, 0.4) is 0 Å². The maximum absolute atomic E-state index is 14.4. The normalized spacial score (nSPS) is 17.1. The molecule has 2 saturated heterocycles. The Balaban J connectivity index is 1.25. The number of likely N-dealkylation sites (tertiary alicyclic amines) is 1. The smallest absolute Gasteiger partial charge is 0.318 e. The van der Waals surface area contributed by atoms with Gasteiger partial charge in [0.1, 0.15) is 6.04 Å². The van der Waals surface area contributed by atoms with E-state index in [0.29, 0.717) is 19.0 Å². The molecule has 2 unspecified atom stereocenters. The molecular formula is C37H46N6O2. The fourth-order valence-corrected chi connectivity index (χ4v) is 7.02. The summed E-state index contributed by atoms with van der Waals surface area (Å²) < 4.78 is 0. The second-order valence-corrected chi connectivity index (χ2v) is 13.0. The van der Waals surface area contributed by atoms with Gasteiger partial charge < -0.3 is 30.3 Å². The first kappa shape index (κ1) is 30.7. The molecule has 1 aromatic heterocycles. The lowest BCUT2D eigenvalue weighted by atomic mass is 9.89. The molecule has 8 nitrogen and oxygen atoms in total. The SMILES string of the molecule is CC(c1c[nH]c2ccccc12)C(NC(=O)N1CCC(c2ccccc2)CC1)C(=O)Nc1cc(CN(C)C)ccc1N1CCCC1. The topological polar surface area (TPSA) is 83.7 Å². The van der Waals surface area contributed by atoms with Gasteiger partial charge in [0.15, 0.2) is 0 Å². The molecule has 2 atom stereocenters. The van der Waals surface area contributed by atoms with Crippen LogP contribution < -0.4 is 15.5 Å². The van der Waals surface area contributed by atoms with E-state index >= 15 is 0 Å². The first-order valence-corrected chi connectivity index (χ1v) is 16.4. The Hall–Kier alpha value is -4.30. The first-order valence-electron chi connectivity index (χ1n) is 16.4. The lowest BCUT2D eigenvalue weighted by Crippen LogP contribution is -2.53. The van der Waals surface area contributed by atoms with Crippen molar-refractivity contribution < 1.29 is 9.59 Å². The first-order chi connectivity index (χ1) is 21.9. The molecule has 0 saturated carbocycles. The van der Waals surface area contributed by atoms with Crippen LogP contribution in [0, 0.1) is 0 Å². The number of nitrogens with zero attached hydrogens (tertiary/aromatic N) is 3. The molecule has 0 aliphatic carbocycles. The number of aromatic nitrogens is 1. The monoisotopic (exact) mass is 606 g/mol. The second-order valence-electron chi connectivity index (χ2n) is 13.0. The number of hydrogen-bond donors (Lipinski definition) is 3. The molecule has 4 aromatic rings. The number of hydrogen-bond acceptors (Lipinski definition) is 4. The maximum Gasteiger partial charge on any atom is 0.318 e. The van der Waals surface area contributed by atoms with Crippen molar-refractivity contribution in [3.8, 4) is 0 Å². The molecule has 0 spiro atoms. The van der Waals surface area contributed by atoms with Gasteiger partial charge in [0.25, 0.3) is 0 Å². The summed E-state index contributed by atoms with van der Waals surface area (Å²) in [7, 11) is 4.09. The number of H-pyrrole nitrogens is 1. The van der Waals surface area contributed by atoms with Crippen LogP contribution in [0.5, 0.6) is 0 Å². The lowest BCUT2D eigenvalue weighted by Gasteiger charge is -2.34. The second kappa shape index (κ2) is 13.8. The number of anilines is 2. The fraction of sp³-hybridized carbons (Fsp3) is 0.405. The third kappa shape index (κ3) is 7.01. The Morgan fingerprint density at radius 1 is 0.933 bits per heavy atom. The summed E-state index contributed by atoms with van der Waals surface area (Å²) in [5, 5.41) is 7.54. The van der Waals surface area contributed by atoms with Gasteiger partial charge in [-0.15, -0.1) is 0 Å². The number of carbonyl (C=O) groups is 2. The number of aromatic amines is 1.